The molecule has 5 aromatic rings. The molecular weight excluding hydrogens is 653 g/mol. The number of ether oxygens (including phenoxy) is 2. The zero-order valence-corrected chi connectivity index (χ0v) is 27.7. The Morgan fingerprint density at radius 1 is 1.06 bits per heavy atom. The normalized spacial score (nSPS) is 18.4. The molecule has 5 heterocycles. The molecule has 1 atom stereocenters. The Labute approximate surface area is 285 Å². The van der Waals surface area contributed by atoms with Crippen molar-refractivity contribution in [3.63, 3.8) is 0 Å². The second-order valence-electron chi connectivity index (χ2n) is 12.5. The molecule has 11 nitrogen and oxygen atoms in total. The van der Waals surface area contributed by atoms with Crippen LogP contribution in [0.25, 0.3) is 33.2 Å². The Kier molecular flexibility index (Phi) is 7.59. The third-order valence-electron chi connectivity index (χ3n) is 9.54. The van der Waals surface area contributed by atoms with Crippen LogP contribution in [0.2, 0.25) is 10.0 Å². The highest BCUT2D eigenvalue weighted by molar-refractivity contribution is 6.39. The second-order valence-corrected chi connectivity index (χ2v) is 13.2. The van der Waals surface area contributed by atoms with Crippen molar-refractivity contribution in [1.82, 2.24) is 30.0 Å². The number of benzene rings is 2. The molecule has 2 aliphatic heterocycles. The number of carbonyl (C=O) groups excluding carboxylic acids is 1. The lowest BCUT2D eigenvalue weighted by Crippen LogP contribution is -2.70. The van der Waals surface area contributed by atoms with E-state index in [1.54, 1.807) is 32.6 Å². The van der Waals surface area contributed by atoms with Gasteiger partial charge in [0, 0.05) is 66.6 Å². The number of nitrogens with zero attached hydrogens (tertiary/aromatic N) is 5. The number of fused-ring (bicyclic) bond motifs is 2. The van der Waals surface area contributed by atoms with Crippen LogP contribution in [0.15, 0.2) is 65.7 Å². The topological polar surface area (TPSA) is 124 Å². The van der Waals surface area contributed by atoms with E-state index in [0.29, 0.717) is 56.0 Å². The van der Waals surface area contributed by atoms with Crippen molar-refractivity contribution in [2.75, 3.05) is 38.7 Å². The van der Waals surface area contributed by atoms with Crippen molar-refractivity contribution < 1.29 is 14.3 Å². The van der Waals surface area contributed by atoms with Crippen molar-refractivity contribution >= 4 is 51.4 Å². The number of anilines is 2. The van der Waals surface area contributed by atoms with E-state index < -0.39 is 0 Å². The first-order valence-electron chi connectivity index (χ1n) is 15.6. The number of methoxy groups -OCH3 is 1. The molecule has 1 amide bonds. The third-order valence-corrected chi connectivity index (χ3v) is 10.4. The molecule has 244 valence electrons. The van der Waals surface area contributed by atoms with Crippen molar-refractivity contribution in [3.05, 3.63) is 92.5 Å². The molecule has 13 heteroatoms. The summed E-state index contributed by atoms with van der Waals surface area (Å²) in [4.78, 5) is 36.3. The quantitative estimate of drug-likeness (QED) is 0.245. The van der Waals surface area contributed by atoms with Crippen molar-refractivity contribution in [2.45, 2.75) is 24.5 Å². The Morgan fingerprint density at radius 2 is 1.83 bits per heavy atom. The number of likely N-dealkylation sites (tertiary alicyclic amines) is 1. The molecule has 3 aliphatic rings. The van der Waals surface area contributed by atoms with Gasteiger partial charge in [0.1, 0.15) is 18.0 Å². The maximum Gasteiger partial charge on any atom is 0.278 e. The van der Waals surface area contributed by atoms with E-state index in [2.05, 4.69) is 31.7 Å². The summed E-state index contributed by atoms with van der Waals surface area (Å²) >= 11 is 14.2. The summed E-state index contributed by atoms with van der Waals surface area (Å²) < 4.78 is 13.1. The highest BCUT2D eigenvalue weighted by Gasteiger charge is 2.50. The van der Waals surface area contributed by atoms with Gasteiger partial charge in [-0.15, -0.1) is 0 Å². The predicted molar refractivity (Wildman–Crippen MR) is 184 cm³/mol. The third kappa shape index (κ3) is 5.09. The molecule has 0 bridgehead atoms. The van der Waals surface area contributed by atoms with E-state index in [1.165, 1.54) is 10.2 Å². The molecule has 0 radical (unpaired) electrons. The lowest BCUT2D eigenvalue weighted by atomic mass is 9.89. The first kappa shape index (κ1) is 30.8. The molecule has 3 aromatic heterocycles. The van der Waals surface area contributed by atoms with Crippen molar-refractivity contribution in [2.24, 2.45) is 7.05 Å². The Balaban J connectivity index is 1.10. The average Bonchev–Trinajstić information content (AvgIpc) is 3.50. The number of aryl methyl sites for hydroxylation is 2. The van der Waals surface area contributed by atoms with E-state index in [0.717, 1.165) is 42.6 Å². The summed E-state index contributed by atoms with van der Waals surface area (Å²) in [5, 5.41) is 12.3. The number of nitrogens with one attached hydrogen (secondary N) is 2. The maximum absolute atomic E-state index is 12.9. The maximum atomic E-state index is 12.9. The Morgan fingerprint density at radius 3 is 2.60 bits per heavy atom. The van der Waals surface area contributed by atoms with E-state index >= 15 is 0 Å². The minimum absolute atomic E-state index is 0.0672. The summed E-state index contributed by atoms with van der Waals surface area (Å²) in [5.41, 5.74) is 5.18. The van der Waals surface area contributed by atoms with Gasteiger partial charge in [0.25, 0.3) is 5.56 Å². The van der Waals surface area contributed by atoms with Crippen LogP contribution in [0.4, 0.5) is 11.5 Å². The fraction of sp³-hybridized carbons (Fsp3) is 0.286. The largest absolute Gasteiger partial charge is 0.481 e. The number of aromatic nitrogens is 4. The lowest BCUT2D eigenvalue weighted by molar-refractivity contribution is -0.179. The second kappa shape index (κ2) is 11.9. The number of carbonyl (C=O) groups is 1. The molecule has 2 N–H and O–H groups in total. The van der Waals surface area contributed by atoms with Crippen molar-refractivity contribution in [3.8, 4) is 28.3 Å². The highest BCUT2D eigenvalue weighted by atomic mass is 35.5. The van der Waals surface area contributed by atoms with Crippen LogP contribution in [-0.2, 0) is 23.0 Å². The van der Waals surface area contributed by atoms with E-state index in [-0.39, 0.29) is 29.7 Å². The Bertz CT molecular complexity index is 2170. The van der Waals surface area contributed by atoms with Gasteiger partial charge in [0.15, 0.2) is 0 Å². The van der Waals surface area contributed by atoms with Gasteiger partial charge in [0.05, 0.1) is 40.1 Å². The minimum atomic E-state index is -0.320. The molecule has 1 spiro atoms. The monoisotopic (exact) mass is 683 g/mol. The van der Waals surface area contributed by atoms with Gasteiger partial charge in [-0.2, -0.15) is 5.10 Å². The van der Waals surface area contributed by atoms with E-state index in [1.807, 2.05) is 36.4 Å². The summed E-state index contributed by atoms with van der Waals surface area (Å²) in [6.45, 7) is 2.13. The zero-order valence-electron chi connectivity index (χ0n) is 26.2. The lowest BCUT2D eigenvalue weighted by Gasteiger charge is -2.53. The fourth-order valence-corrected chi connectivity index (χ4v) is 7.71. The number of hydrogen-bond acceptors (Lipinski definition) is 9. The molecule has 2 saturated heterocycles. The van der Waals surface area contributed by atoms with Gasteiger partial charge in [-0.25, -0.2) is 14.6 Å². The number of amides is 1. The van der Waals surface area contributed by atoms with Gasteiger partial charge in [-0.3, -0.25) is 14.5 Å². The summed E-state index contributed by atoms with van der Waals surface area (Å²) in [6.07, 6.45) is 5.07. The van der Waals surface area contributed by atoms with E-state index in [4.69, 9.17) is 37.7 Å². The Hall–Kier alpha value is -4.55. The van der Waals surface area contributed by atoms with Crippen LogP contribution in [0.1, 0.15) is 23.6 Å². The molecule has 8 rings (SSSR count). The van der Waals surface area contributed by atoms with Crippen LogP contribution in [0.3, 0.4) is 0 Å². The molecule has 1 unspecified atom stereocenters. The average molecular weight is 685 g/mol. The van der Waals surface area contributed by atoms with Crippen LogP contribution in [-0.4, -0.2) is 69.5 Å². The van der Waals surface area contributed by atoms with Gasteiger partial charge in [-0.1, -0.05) is 53.5 Å². The van der Waals surface area contributed by atoms with Gasteiger partial charge >= 0.3 is 0 Å². The SMILES string of the molecule is COc1nc(-c2cccc(-c3cccc(Nc4nccc5cnn(C)c(=O)c45)c3Cl)c2Cl)cc2c1C(N1CC3(CNC(=O)CO3)C1)CC2. The number of halogens is 2. The number of morpholine rings is 1. The predicted octanol–water partition coefficient (Wildman–Crippen LogP) is 5.30. The molecule has 0 saturated carbocycles. The van der Waals surface area contributed by atoms with Gasteiger partial charge < -0.3 is 20.1 Å². The van der Waals surface area contributed by atoms with Crippen LogP contribution in [0, 0.1) is 0 Å². The summed E-state index contributed by atoms with van der Waals surface area (Å²) in [7, 11) is 3.24. The first-order chi connectivity index (χ1) is 23.2. The molecule has 1 aliphatic carbocycles. The smallest absolute Gasteiger partial charge is 0.278 e. The minimum Gasteiger partial charge on any atom is -0.481 e. The fourth-order valence-electron chi connectivity index (χ4n) is 7.11. The molecule has 48 heavy (non-hydrogen) atoms. The molecular formula is C35H31Cl2N7O4. The van der Waals surface area contributed by atoms with Crippen LogP contribution < -0.4 is 20.9 Å². The van der Waals surface area contributed by atoms with Gasteiger partial charge in [0.2, 0.25) is 11.8 Å². The van der Waals surface area contributed by atoms with Crippen LogP contribution >= 0.6 is 23.2 Å². The first-order valence-corrected chi connectivity index (χ1v) is 16.4. The van der Waals surface area contributed by atoms with Crippen molar-refractivity contribution in [1.29, 1.82) is 0 Å². The highest BCUT2D eigenvalue weighted by Crippen LogP contribution is 2.47. The number of hydrogen-bond donors (Lipinski definition) is 2. The zero-order chi connectivity index (χ0) is 33.2. The molecule has 2 aromatic carbocycles. The van der Waals surface area contributed by atoms with Crippen LogP contribution in [0.5, 0.6) is 5.88 Å². The number of rotatable bonds is 6. The standard InChI is InChI=1S/C35H31Cl2N7O4/c1-43-34(46)29-20(14-40-43)11-12-38-32(29)41-24-8-4-6-22(31(24)37)21-5-3-7-23(30(21)36)25-13-19-9-10-26(28(19)33(42-25)47-2)44-17-35(18-44)16-39-27(45)15-48-35/h3-8,11-14,26H,9-10,15-18H2,1-2H3,(H,38,41)(H,39,45). The van der Waals surface area contributed by atoms with E-state index in [9.17, 15) is 9.59 Å². The summed E-state index contributed by atoms with van der Waals surface area (Å²) in [6, 6.07) is 15.4. The number of pyridine rings is 2. The summed E-state index contributed by atoms with van der Waals surface area (Å²) in [5.74, 6) is 0.898. The van der Waals surface area contributed by atoms with Gasteiger partial charge in [-0.05, 0) is 36.6 Å². The molecule has 2 fully saturated rings.